The fraction of sp³-hybridized carbons (Fsp3) is 0.300. The Bertz CT molecular complexity index is 996. The lowest BCUT2D eigenvalue weighted by molar-refractivity contribution is -0.117. The molecule has 29 heavy (non-hydrogen) atoms. The van der Waals surface area contributed by atoms with Gasteiger partial charge in [-0.1, -0.05) is 11.2 Å². The number of carbonyl (C=O) groups excluding carboxylic acids is 1. The van der Waals surface area contributed by atoms with E-state index in [-0.39, 0.29) is 18.2 Å². The van der Waals surface area contributed by atoms with Gasteiger partial charge in [0.25, 0.3) is 0 Å². The van der Waals surface area contributed by atoms with E-state index < -0.39 is 0 Å². The van der Waals surface area contributed by atoms with Gasteiger partial charge in [-0.15, -0.1) is 0 Å². The van der Waals surface area contributed by atoms with Crippen LogP contribution in [-0.4, -0.2) is 48.9 Å². The van der Waals surface area contributed by atoms with E-state index in [1.807, 2.05) is 12.1 Å². The SMILES string of the molecule is COc1cc(N2CC(c3nc(-c4ccccn4)no3)CC2=O)cc(OC)c1OC. The number of methoxy groups -OCH3 is 3. The van der Waals surface area contributed by atoms with Crippen molar-refractivity contribution in [2.24, 2.45) is 0 Å². The first-order valence-electron chi connectivity index (χ1n) is 9.00. The maximum Gasteiger partial charge on any atom is 0.232 e. The summed E-state index contributed by atoms with van der Waals surface area (Å²) in [5.41, 5.74) is 1.27. The molecule has 0 bridgehead atoms. The highest BCUT2D eigenvalue weighted by atomic mass is 16.5. The zero-order valence-corrected chi connectivity index (χ0v) is 16.3. The maximum absolute atomic E-state index is 12.7. The van der Waals surface area contributed by atoms with Crippen molar-refractivity contribution >= 4 is 11.6 Å². The number of hydrogen-bond donors (Lipinski definition) is 0. The van der Waals surface area contributed by atoms with E-state index in [0.717, 1.165) is 0 Å². The second kappa shape index (κ2) is 7.78. The van der Waals surface area contributed by atoms with Crippen molar-refractivity contribution in [2.75, 3.05) is 32.8 Å². The minimum atomic E-state index is -0.216. The quantitative estimate of drug-likeness (QED) is 0.627. The Morgan fingerprint density at radius 1 is 1.10 bits per heavy atom. The summed E-state index contributed by atoms with van der Waals surface area (Å²) in [7, 11) is 4.60. The molecule has 0 aliphatic carbocycles. The van der Waals surface area contributed by atoms with E-state index >= 15 is 0 Å². The Kier molecular flexibility index (Phi) is 5.03. The third kappa shape index (κ3) is 3.46. The van der Waals surface area contributed by atoms with Gasteiger partial charge in [0.05, 0.1) is 32.9 Å². The molecule has 1 unspecified atom stereocenters. The van der Waals surface area contributed by atoms with Gasteiger partial charge in [-0.05, 0) is 12.1 Å². The van der Waals surface area contributed by atoms with E-state index in [0.29, 0.717) is 46.9 Å². The molecule has 1 fully saturated rings. The first kappa shape index (κ1) is 18.7. The first-order valence-corrected chi connectivity index (χ1v) is 9.00. The first-order chi connectivity index (χ1) is 14.1. The molecule has 4 rings (SSSR count). The lowest BCUT2D eigenvalue weighted by atomic mass is 10.1. The van der Waals surface area contributed by atoms with Crippen LogP contribution in [0, 0.1) is 0 Å². The Labute approximate surface area is 167 Å². The van der Waals surface area contributed by atoms with Crippen molar-refractivity contribution < 1.29 is 23.5 Å². The molecule has 0 saturated carbocycles. The normalized spacial score (nSPS) is 16.2. The fourth-order valence-corrected chi connectivity index (χ4v) is 3.35. The minimum Gasteiger partial charge on any atom is -0.493 e. The number of nitrogens with zero attached hydrogens (tertiary/aromatic N) is 4. The number of anilines is 1. The summed E-state index contributed by atoms with van der Waals surface area (Å²) in [5, 5.41) is 4.00. The number of carbonyl (C=O) groups is 1. The average Bonchev–Trinajstić information content (AvgIpc) is 3.40. The molecule has 1 saturated heterocycles. The number of hydrogen-bond acceptors (Lipinski definition) is 8. The van der Waals surface area contributed by atoms with Crippen molar-refractivity contribution in [1.82, 2.24) is 15.1 Å². The molecule has 3 heterocycles. The second-order valence-corrected chi connectivity index (χ2v) is 6.46. The molecule has 0 N–H and O–H groups in total. The molecule has 1 aliphatic heterocycles. The molecule has 1 atom stereocenters. The van der Waals surface area contributed by atoms with Crippen LogP contribution in [0.2, 0.25) is 0 Å². The van der Waals surface area contributed by atoms with Crippen LogP contribution in [0.3, 0.4) is 0 Å². The van der Waals surface area contributed by atoms with Gasteiger partial charge in [-0.3, -0.25) is 9.78 Å². The van der Waals surface area contributed by atoms with Crippen LogP contribution in [-0.2, 0) is 4.79 Å². The third-order valence-corrected chi connectivity index (χ3v) is 4.77. The van der Waals surface area contributed by atoms with Gasteiger partial charge < -0.3 is 23.6 Å². The van der Waals surface area contributed by atoms with E-state index in [1.165, 1.54) is 21.3 Å². The lowest BCUT2D eigenvalue weighted by Gasteiger charge is -2.20. The van der Waals surface area contributed by atoms with Crippen LogP contribution in [0.25, 0.3) is 11.5 Å². The monoisotopic (exact) mass is 396 g/mol. The number of pyridine rings is 1. The van der Waals surface area contributed by atoms with Crippen LogP contribution < -0.4 is 19.1 Å². The number of rotatable bonds is 6. The number of aromatic nitrogens is 3. The summed E-state index contributed by atoms with van der Waals surface area (Å²) < 4.78 is 21.5. The fourth-order valence-electron chi connectivity index (χ4n) is 3.35. The minimum absolute atomic E-state index is 0.0538. The molecule has 3 aromatic rings. The van der Waals surface area contributed by atoms with Crippen LogP contribution in [0.1, 0.15) is 18.2 Å². The van der Waals surface area contributed by atoms with Crippen molar-refractivity contribution in [1.29, 1.82) is 0 Å². The number of ether oxygens (including phenoxy) is 3. The lowest BCUT2D eigenvalue weighted by Crippen LogP contribution is -2.24. The second-order valence-electron chi connectivity index (χ2n) is 6.46. The average molecular weight is 396 g/mol. The Morgan fingerprint density at radius 2 is 1.86 bits per heavy atom. The van der Waals surface area contributed by atoms with Crippen LogP contribution in [0.4, 0.5) is 5.69 Å². The van der Waals surface area contributed by atoms with Crippen LogP contribution >= 0.6 is 0 Å². The Hall–Kier alpha value is -3.62. The van der Waals surface area contributed by atoms with Gasteiger partial charge in [0, 0.05) is 31.3 Å². The Morgan fingerprint density at radius 3 is 2.48 bits per heavy atom. The smallest absolute Gasteiger partial charge is 0.232 e. The van der Waals surface area contributed by atoms with Gasteiger partial charge >= 0.3 is 0 Å². The van der Waals surface area contributed by atoms with E-state index in [1.54, 1.807) is 29.3 Å². The zero-order valence-electron chi connectivity index (χ0n) is 16.3. The number of benzene rings is 1. The van der Waals surface area contributed by atoms with Crippen LogP contribution in [0.15, 0.2) is 41.1 Å². The van der Waals surface area contributed by atoms with E-state index in [9.17, 15) is 4.79 Å². The van der Waals surface area contributed by atoms with Gasteiger partial charge in [0.2, 0.25) is 23.4 Å². The highest BCUT2D eigenvalue weighted by molar-refractivity contribution is 5.97. The molecular formula is C20H20N4O5. The summed E-state index contributed by atoms with van der Waals surface area (Å²) in [6.45, 7) is 0.404. The molecule has 9 heteroatoms. The van der Waals surface area contributed by atoms with Crippen molar-refractivity contribution in [3.8, 4) is 28.8 Å². The molecule has 9 nitrogen and oxygen atoms in total. The summed E-state index contributed by atoms with van der Waals surface area (Å²) in [6, 6.07) is 8.96. The maximum atomic E-state index is 12.7. The predicted molar refractivity (Wildman–Crippen MR) is 103 cm³/mol. The van der Waals surface area contributed by atoms with Gasteiger partial charge in [0.1, 0.15) is 5.69 Å². The van der Waals surface area contributed by atoms with E-state index in [4.69, 9.17) is 18.7 Å². The predicted octanol–water partition coefficient (Wildman–Crippen LogP) is 2.68. The summed E-state index contributed by atoms with van der Waals surface area (Å²) in [4.78, 5) is 23.0. The van der Waals surface area contributed by atoms with E-state index in [2.05, 4.69) is 15.1 Å². The molecule has 0 radical (unpaired) electrons. The molecule has 1 aromatic carbocycles. The standard InChI is InChI=1S/C20H20N4O5/c1-26-15-9-13(10-16(27-2)18(15)28-3)24-11-12(8-17(24)25)20-22-19(23-29-20)14-6-4-5-7-21-14/h4-7,9-10,12H,8,11H2,1-3H3. The molecule has 1 amide bonds. The molecule has 1 aliphatic rings. The molecule has 0 spiro atoms. The summed E-state index contributed by atoms with van der Waals surface area (Å²) in [5.74, 6) is 1.97. The zero-order chi connectivity index (χ0) is 20.4. The largest absolute Gasteiger partial charge is 0.493 e. The van der Waals surface area contributed by atoms with Crippen molar-refractivity contribution in [3.05, 3.63) is 42.4 Å². The number of amides is 1. The van der Waals surface area contributed by atoms with Gasteiger partial charge in [-0.25, -0.2) is 0 Å². The summed E-state index contributed by atoms with van der Waals surface area (Å²) >= 11 is 0. The summed E-state index contributed by atoms with van der Waals surface area (Å²) in [6.07, 6.45) is 1.93. The van der Waals surface area contributed by atoms with Crippen LogP contribution in [0.5, 0.6) is 17.2 Å². The molecular weight excluding hydrogens is 376 g/mol. The highest BCUT2D eigenvalue weighted by Crippen LogP contribution is 2.43. The topological polar surface area (TPSA) is 99.8 Å². The third-order valence-electron chi connectivity index (χ3n) is 4.77. The highest BCUT2D eigenvalue weighted by Gasteiger charge is 2.36. The van der Waals surface area contributed by atoms with Crippen molar-refractivity contribution in [2.45, 2.75) is 12.3 Å². The van der Waals surface area contributed by atoms with Gasteiger partial charge in [-0.2, -0.15) is 4.98 Å². The molecule has 2 aromatic heterocycles. The van der Waals surface area contributed by atoms with Gasteiger partial charge in [0.15, 0.2) is 11.5 Å². The molecule has 150 valence electrons. The van der Waals surface area contributed by atoms with Crippen molar-refractivity contribution in [3.63, 3.8) is 0 Å². The Balaban J connectivity index is 1.60.